The highest BCUT2D eigenvalue weighted by Gasteiger charge is 2.09. The molecule has 1 heterocycles. The van der Waals surface area contributed by atoms with Crippen LogP contribution in [-0.4, -0.2) is 17.6 Å². The second kappa shape index (κ2) is 5.95. The highest BCUT2D eigenvalue weighted by molar-refractivity contribution is 5.89. The fraction of sp³-hybridized carbons (Fsp3) is 0.143. The van der Waals surface area contributed by atoms with Crippen LogP contribution in [0, 0.1) is 5.82 Å². The molecule has 19 heavy (non-hydrogen) atoms. The molecule has 0 amide bonds. The van der Waals surface area contributed by atoms with Crippen LogP contribution in [0.25, 0.3) is 0 Å². The number of carbonyl (C=O) groups excluding carboxylic acids is 1. The molecule has 0 unspecified atom stereocenters. The lowest BCUT2D eigenvalue weighted by molar-refractivity contribution is 0.0508. The Labute approximate surface area is 110 Å². The first-order chi connectivity index (χ1) is 9.16. The monoisotopic (exact) mass is 260 g/mol. The molecule has 0 spiro atoms. The van der Waals surface area contributed by atoms with E-state index in [4.69, 9.17) is 10.5 Å². The molecule has 2 N–H and O–H groups in total. The average Bonchev–Trinajstić information content (AvgIpc) is 2.43. The zero-order chi connectivity index (χ0) is 13.7. The van der Waals surface area contributed by atoms with Gasteiger partial charge in [-0.1, -0.05) is 6.07 Å². The third-order valence-electron chi connectivity index (χ3n) is 2.55. The Hall–Kier alpha value is -2.43. The molecule has 5 heteroatoms. The van der Waals surface area contributed by atoms with E-state index in [9.17, 15) is 9.18 Å². The van der Waals surface area contributed by atoms with Gasteiger partial charge in [-0.15, -0.1) is 0 Å². The van der Waals surface area contributed by atoms with Crippen molar-refractivity contribution < 1.29 is 13.9 Å². The Bertz CT molecular complexity index is 573. The number of rotatable bonds is 4. The standard InChI is InChI=1S/C14H13FN2O2/c15-12-9-10(4-5-13(12)16)14(18)19-8-6-11-3-1-2-7-17-11/h1-5,7,9H,6,8,16H2. The van der Waals surface area contributed by atoms with Gasteiger partial charge in [0.15, 0.2) is 0 Å². The molecule has 0 fully saturated rings. The third kappa shape index (κ3) is 3.51. The van der Waals surface area contributed by atoms with Crippen molar-refractivity contribution >= 4 is 11.7 Å². The van der Waals surface area contributed by atoms with Crippen molar-refractivity contribution in [1.82, 2.24) is 4.98 Å². The topological polar surface area (TPSA) is 65.2 Å². The highest BCUT2D eigenvalue weighted by atomic mass is 19.1. The van der Waals surface area contributed by atoms with Gasteiger partial charge in [-0.05, 0) is 30.3 Å². The smallest absolute Gasteiger partial charge is 0.338 e. The summed E-state index contributed by atoms with van der Waals surface area (Å²) in [5.74, 6) is -1.20. The van der Waals surface area contributed by atoms with Gasteiger partial charge in [0.25, 0.3) is 0 Å². The Morgan fingerprint density at radius 2 is 2.16 bits per heavy atom. The molecule has 2 aromatic rings. The van der Waals surface area contributed by atoms with Crippen LogP contribution in [-0.2, 0) is 11.2 Å². The number of ether oxygens (including phenoxy) is 1. The Kier molecular flexibility index (Phi) is 4.07. The van der Waals surface area contributed by atoms with Crippen LogP contribution >= 0.6 is 0 Å². The van der Waals surface area contributed by atoms with Gasteiger partial charge < -0.3 is 10.5 Å². The molecule has 0 saturated carbocycles. The predicted molar refractivity (Wildman–Crippen MR) is 69.0 cm³/mol. The number of hydrogen-bond acceptors (Lipinski definition) is 4. The molecular weight excluding hydrogens is 247 g/mol. The summed E-state index contributed by atoms with van der Waals surface area (Å²) in [6.07, 6.45) is 2.19. The molecule has 0 atom stereocenters. The summed E-state index contributed by atoms with van der Waals surface area (Å²) >= 11 is 0. The molecule has 0 aliphatic heterocycles. The predicted octanol–water partition coefficient (Wildman–Crippen LogP) is 2.20. The number of hydrogen-bond donors (Lipinski definition) is 1. The summed E-state index contributed by atoms with van der Waals surface area (Å²) in [6, 6.07) is 9.35. The van der Waals surface area contributed by atoms with E-state index >= 15 is 0 Å². The van der Waals surface area contributed by atoms with Gasteiger partial charge in [0.05, 0.1) is 17.9 Å². The Morgan fingerprint density at radius 1 is 1.32 bits per heavy atom. The van der Waals surface area contributed by atoms with E-state index in [1.54, 1.807) is 6.20 Å². The lowest BCUT2D eigenvalue weighted by atomic mass is 10.2. The van der Waals surface area contributed by atoms with Crippen LogP contribution < -0.4 is 5.73 Å². The Morgan fingerprint density at radius 3 is 2.84 bits per heavy atom. The van der Waals surface area contributed by atoms with Crippen LogP contribution in [0.2, 0.25) is 0 Å². The molecule has 2 rings (SSSR count). The van der Waals surface area contributed by atoms with Crippen LogP contribution in [0.3, 0.4) is 0 Å². The van der Waals surface area contributed by atoms with E-state index in [0.717, 1.165) is 11.8 Å². The molecule has 1 aromatic heterocycles. The summed E-state index contributed by atoms with van der Waals surface area (Å²) in [6.45, 7) is 0.196. The molecule has 0 aliphatic rings. The van der Waals surface area contributed by atoms with Gasteiger partial charge in [0.2, 0.25) is 0 Å². The van der Waals surface area contributed by atoms with Crippen molar-refractivity contribution in [2.24, 2.45) is 0 Å². The Balaban J connectivity index is 1.89. The SMILES string of the molecule is Nc1ccc(C(=O)OCCc2ccccn2)cc1F. The van der Waals surface area contributed by atoms with Crippen molar-refractivity contribution in [1.29, 1.82) is 0 Å². The van der Waals surface area contributed by atoms with Gasteiger partial charge >= 0.3 is 5.97 Å². The number of esters is 1. The number of aromatic nitrogens is 1. The number of halogens is 1. The largest absolute Gasteiger partial charge is 0.462 e. The van der Waals surface area contributed by atoms with Gasteiger partial charge in [0, 0.05) is 18.3 Å². The van der Waals surface area contributed by atoms with E-state index < -0.39 is 11.8 Å². The molecule has 0 saturated heterocycles. The van der Waals surface area contributed by atoms with Crippen molar-refractivity contribution in [3.05, 3.63) is 59.7 Å². The number of pyridine rings is 1. The zero-order valence-corrected chi connectivity index (χ0v) is 10.2. The second-order valence-electron chi connectivity index (χ2n) is 3.94. The van der Waals surface area contributed by atoms with E-state index in [1.165, 1.54) is 12.1 Å². The third-order valence-corrected chi connectivity index (χ3v) is 2.55. The number of benzene rings is 1. The zero-order valence-electron chi connectivity index (χ0n) is 10.2. The molecular formula is C14H13FN2O2. The number of nitrogen functional groups attached to an aromatic ring is 1. The van der Waals surface area contributed by atoms with E-state index in [0.29, 0.717) is 6.42 Å². The number of anilines is 1. The van der Waals surface area contributed by atoms with Crippen LogP contribution in [0.5, 0.6) is 0 Å². The van der Waals surface area contributed by atoms with Crippen molar-refractivity contribution in [2.45, 2.75) is 6.42 Å². The second-order valence-corrected chi connectivity index (χ2v) is 3.94. The lowest BCUT2D eigenvalue weighted by Gasteiger charge is -2.05. The first-order valence-corrected chi connectivity index (χ1v) is 5.79. The lowest BCUT2D eigenvalue weighted by Crippen LogP contribution is -2.09. The van der Waals surface area contributed by atoms with Crippen molar-refractivity contribution in [2.75, 3.05) is 12.3 Å². The fourth-order valence-corrected chi connectivity index (χ4v) is 1.53. The van der Waals surface area contributed by atoms with Gasteiger partial charge in [-0.3, -0.25) is 4.98 Å². The van der Waals surface area contributed by atoms with Crippen LogP contribution in [0.4, 0.5) is 10.1 Å². The van der Waals surface area contributed by atoms with Crippen molar-refractivity contribution in [3.8, 4) is 0 Å². The molecule has 0 aliphatic carbocycles. The summed E-state index contributed by atoms with van der Waals surface area (Å²) in [5, 5.41) is 0. The summed E-state index contributed by atoms with van der Waals surface area (Å²) in [4.78, 5) is 15.8. The minimum atomic E-state index is -0.626. The van der Waals surface area contributed by atoms with Gasteiger partial charge in [0.1, 0.15) is 5.82 Å². The maximum atomic E-state index is 13.2. The first-order valence-electron chi connectivity index (χ1n) is 5.79. The van der Waals surface area contributed by atoms with Crippen LogP contribution in [0.15, 0.2) is 42.6 Å². The average molecular weight is 260 g/mol. The molecule has 0 bridgehead atoms. The quantitative estimate of drug-likeness (QED) is 0.676. The normalized spacial score (nSPS) is 10.2. The fourth-order valence-electron chi connectivity index (χ4n) is 1.53. The highest BCUT2D eigenvalue weighted by Crippen LogP contribution is 2.12. The van der Waals surface area contributed by atoms with E-state index in [1.807, 2.05) is 18.2 Å². The summed E-state index contributed by atoms with van der Waals surface area (Å²) in [5.41, 5.74) is 6.31. The number of nitrogens with two attached hydrogens (primary N) is 1. The van der Waals surface area contributed by atoms with Crippen molar-refractivity contribution in [3.63, 3.8) is 0 Å². The summed E-state index contributed by atoms with van der Waals surface area (Å²) in [7, 11) is 0. The molecule has 0 radical (unpaired) electrons. The maximum absolute atomic E-state index is 13.2. The number of nitrogens with zero attached hydrogens (tertiary/aromatic N) is 1. The molecule has 4 nitrogen and oxygen atoms in total. The first kappa shape index (κ1) is 13.0. The van der Waals surface area contributed by atoms with E-state index in [2.05, 4.69) is 4.98 Å². The minimum Gasteiger partial charge on any atom is -0.462 e. The molecule has 1 aromatic carbocycles. The number of carbonyl (C=O) groups is 1. The molecule has 98 valence electrons. The van der Waals surface area contributed by atoms with E-state index in [-0.39, 0.29) is 17.9 Å². The summed E-state index contributed by atoms with van der Waals surface area (Å²) < 4.78 is 18.2. The van der Waals surface area contributed by atoms with Gasteiger partial charge in [-0.2, -0.15) is 0 Å². The van der Waals surface area contributed by atoms with Gasteiger partial charge in [-0.25, -0.2) is 9.18 Å². The minimum absolute atomic E-state index is 0.00466. The maximum Gasteiger partial charge on any atom is 0.338 e. The van der Waals surface area contributed by atoms with Crippen LogP contribution in [0.1, 0.15) is 16.1 Å².